The third kappa shape index (κ3) is 0.766. The highest BCUT2D eigenvalue weighted by Gasteiger charge is 2.60. The summed E-state index contributed by atoms with van der Waals surface area (Å²) in [5, 5.41) is 0. The number of rotatable bonds is 0. The molecular formula is C10H15NO2. The van der Waals surface area contributed by atoms with Crippen molar-refractivity contribution in [3.63, 3.8) is 0 Å². The number of hydrogen-bond acceptors (Lipinski definition) is 3. The summed E-state index contributed by atoms with van der Waals surface area (Å²) in [6, 6.07) is 0.306. The minimum Gasteiger partial charge on any atom is -0.465 e. The highest BCUT2D eigenvalue weighted by atomic mass is 16.5. The molecule has 3 heteroatoms. The molecule has 3 fully saturated rings. The summed E-state index contributed by atoms with van der Waals surface area (Å²) in [6.07, 6.45) is 1.16. The fourth-order valence-corrected chi connectivity index (χ4v) is 3.73. The highest BCUT2D eigenvalue weighted by Crippen LogP contribution is 2.56. The zero-order valence-electron chi connectivity index (χ0n) is 7.77. The molecule has 0 amide bonds. The Kier molecular flexibility index (Phi) is 1.36. The van der Waals surface area contributed by atoms with Gasteiger partial charge < -0.3 is 10.5 Å². The average molecular weight is 181 g/mol. The van der Waals surface area contributed by atoms with Gasteiger partial charge in [0, 0.05) is 12.0 Å². The molecule has 6 atom stereocenters. The van der Waals surface area contributed by atoms with Crippen LogP contribution in [0.3, 0.4) is 0 Å². The van der Waals surface area contributed by atoms with E-state index in [-0.39, 0.29) is 11.9 Å². The summed E-state index contributed by atoms with van der Waals surface area (Å²) in [7, 11) is 0. The quantitative estimate of drug-likeness (QED) is 0.550. The van der Waals surface area contributed by atoms with Gasteiger partial charge in [-0.1, -0.05) is 6.92 Å². The lowest BCUT2D eigenvalue weighted by atomic mass is 9.74. The standard InChI is InChI=1S/C10H15NO2/c1-4-5-2-6(9(4)11)7-3-13-10(12)8(5)7/h4-9H,2-3,11H2,1H3. The predicted molar refractivity (Wildman–Crippen MR) is 46.7 cm³/mol. The molecule has 0 aromatic rings. The molecule has 3 aliphatic rings. The summed E-state index contributed by atoms with van der Waals surface area (Å²) < 4.78 is 5.10. The zero-order chi connectivity index (χ0) is 9.16. The van der Waals surface area contributed by atoms with E-state index in [2.05, 4.69) is 6.92 Å². The van der Waals surface area contributed by atoms with E-state index in [1.807, 2.05) is 0 Å². The third-order valence-electron chi connectivity index (χ3n) is 4.48. The zero-order valence-corrected chi connectivity index (χ0v) is 7.77. The molecule has 1 aliphatic heterocycles. The molecule has 6 unspecified atom stereocenters. The summed E-state index contributed by atoms with van der Waals surface area (Å²) in [4.78, 5) is 11.4. The first-order chi connectivity index (χ1) is 6.20. The second-order valence-corrected chi connectivity index (χ2v) is 4.82. The van der Waals surface area contributed by atoms with E-state index >= 15 is 0 Å². The summed E-state index contributed by atoms with van der Waals surface area (Å²) in [6.45, 7) is 2.81. The molecule has 1 saturated heterocycles. The lowest BCUT2D eigenvalue weighted by molar-refractivity contribution is -0.142. The molecule has 13 heavy (non-hydrogen) atoms. The first-order valence-electron chi connectivity index (χ1n) is 5.12. The van der Waals surface area contributed by atoms with Gasteiger partial charge in [-0.2, -0.15) is 0 Å². The molecule has 0 aromatic carbocycles. The second kappa shape index (κ2) is 2.27. The Balaban J connectivity index is 1.96. The molecule has 2 aliphatic carbocycles. The molecule has 3 nitrogen and oxygen atoms in total. The van der Waals surface area contributed by atoms with Crippen molar-refractivity contribution in [2.24, 2.45) is 35.3 Å². The van der Waals surface area contributed by atoms with Crippen LogP contribution in [-0.4, -0.2) is 18.6 Å². The number of nitrogens with two attached hydrogens (primary N) is 1. The Labute approximate surface area is 77.6 Å². The lowest BCUT2D eigenvalue weighted by Crippen LogP contribution is -2.42. The number of carbonyl (C=O) groups is 1. The van der Waals surface area contributed by atoms with E-state index in [1.165, 1.54) is 0 Å². The van der Waals surface area contributed by atoms with Gasteiger partial charge in [-0.3, -0.25) is 4.79 Å². The van der Waals surface area contributed by atoms with Crippen LogP contribution >= 0.6 is 0 Å². The van der Waals surface area contributed by atoms with Crippen LogP contribution < -0.4 is 5.73 Å². The van der Waals surface area contributed by atoms with E-state index in [4.69, 9.17) is 10.5 Å². The van der Waals surface area contributed by atoms with Gasteiger partial charge in [0.25, 0.3) is 0 Å². The van der Waals surface area contributed by atoms with Crippen molar-refractivity contribution < 1.29 is 9.53 Å². The van der Waals surface area contributed by atoms with Crippen molar-refractivity contribution in [3.05, 3.63) is 0 Å². The largest absolute Gasteiger partial charge is 0.465 e. The Morgan fingerprint density at radius 3 is 2.92 bits per heavy atom. The number of fused-ring (bicyclic) bond motifs is 5. The fourth-order valence-electron chi connectivity index (χ4n) is 3.73. The molecule has 3 rings (SSSR count). The predicted octanol–water partition coefficient (Wildman–Crippen LogP) is 0.389. The number of hydrogen-bond donors (Lipinski definition) is 1. The number of cyclic esters (lactones) is 1. The molecule has 1 heterocycles. The van der Waals surface area contributed by atoms with Crippen LogP contribution in [0, 0.1) is 29.6 Å². The van der Waals surface area contributed by atoms with Gasteiger partial charge in [0.05, 0.1) is 12.5 Å². The molecule has 2 bridgehead atoms. The molecule has 2 N–H and O–H groups in total. The van der Waals surface area contributed by atoms with Crippen molar-refractivity contribution in [1.82, 2.24) is 0 Å². The number of esters is 1. The van der Waals surface area contributed by atoms with Crippen molar-refractivity contribution in [1.29, 1.82) is 0 Å². The molecular weight excluding hydrogens is 166 g/mol. The van der Waals surface area contributed by atoms with Gasteiger partial charge in [-0.05, 0) is 24.2 Å². The Bertz CT molecular complexity index is 266. The molecule has 2 saturated carbocycles. The van der Waals surface area contributed by atoms with Crippen LogP contribution in [0.25, 0.3) is 0 Å². The normalized spacial score (nSPS) is 58.2. The van der Waals surface area contributed by atoms with Gasteiger partial charge in [-0.15, -0.1) is 0 Å². The molecule has 72 valence electrons. The maximum atomic E-state index is 11.4. The third-order valence-corrected chi connectivity index (χ3v) is 4.48. The van der Waals surface area contributed by atoms with Crippen molar-refractivity contribution in [2.75, 3.05) is 6.61 Å². The molecule has 0 radical (unpaired) electrons. The Hall–Kier alpha value is -0.570. The Morgan fingerprint density at radius 1 is 1.38 bits per heavy atom. The van der Waals surface area contributed by atoms with Gasteiger partial charge in [0.2, 0.25) is 0 Å². The summed E-state index contributed by atoms with van der Waals surface area (Å²) >= 11 is 0. The smallest absolute Gasteiger partial charge is 0.309 e. The Morgan fingerprint density at radius 2 is 2.15 bits per heavy atom. The molecule has 0 spiro atoms. The van der Waals surface area contributed by atoms with Crippen molar-refractivity contribution in [2.45, 2.75) is 19.4 Å². The van der Waals surface area contributed by atoms with Crippen LogP contribution in [0.5, 0.6) is 0 Å². The van der Waals surface area contributed by atoms with E-state index < -0.39 is 0 Å². The minimum atomic E-state index is 0.0382. The summed E-state index contributed by atoms with van der Waals surface area (Å²) in [5.41, 5.74) is 6.10. The SMILES string of the molecule is CC1C(N)C2CC1C1C(=O)OCC21. The first kappa shape index (κ1) is 7.80. The van der Waals surface area contributed by atoms with Crippen molar-refractivity contribution >= 4 is 5.97 Å². The number of ether oxygens (including phenoxy) is 1. The van der Waals surface area contributed by atoms with E-state index in [0.717, 1.165) is 6.42 Å². The minimum absolute atomic E-state index is 0.0382. The van der Waals surface area contributed by atoms with E-state index in [9.17, 15) is 4.79 Å². The van der Waals surface area contributed by atoms with Crippen molar-refractivity contribution in [3.8, 4) is 0 Å². The first-order valence-corrected chi connectivity index (χ1v) is 5.12. The summed E-state index contributed by atoms with van der Waals surface area (Å²) in [5.74, 6) is 2.26. The fraction of sp³-hybridized carbons (Fsp3) is 0.900. The topological polar surface area (TPSA) is 52.3 Å². The average Bonchev–Trinajstić information content (AvgIpc) is 2.70. The van der Waals surface area contributed by atoms with E-state index in [0.29, 0.717) is 36.3 Å². The van der Waals surface area contributed by atoms with Crippen LogP contribution in [0.1, 0.15) is 13.3 Å². The highest BCUT2D eigenvalue weighted by molar-refractivity contribution is 5.76. The maximum absolute atomic E-state index is 11.4. The number of carbonyl (C=O) groups excluding carboxylic acids is 1. The van der Waals surface area contributed by atoms with Crippen LogP contribution in [0.15, 0.2) is 0 Å². The van der Waals surface area contributed by atoms with Crippen LogP contribution in [-0.2, 0) is 9.53 Å². The monoisotopic (exact) mass is 181 g/mol. The second-order valence-electron chi connectivity index (χ2n) is 4.82. The van der Waals surface area contributed by atoms with E-state index in [1.54, 1.807) is 0 Å². The van der Waals surface area contributed by atoms with Crippen LogP contribution in [0.4, 0.5) is 0 Å². The maximum Gasteiger partial charge on any atom is 0.309 e. The van der Waals surface area contributed by atoms with Gasteiger partial charge in [-0.25, -0.2) is 0 Å². The lowest BCUT2D eigenvalue weighted by Gasteiger charge is -2.31. The van der Waals surface area contributed by atoms with Gasteiger partial charge >= 0.3 is 5.97 Å². The van der Waals surface area contributed by atoms with Gasteiger partial charge in [0.15, 0.2) is 0 Å². The van der Waals surface area contributed by atoms with Gasteiger partial charge in [0.1, 0.15) is 0 Å². The van der Waals surface area contributed by atoms with Crippen LogP contribution in [0.2, 0.25) is 0 Å². The molecule has 0 aromatic heterocycles.